The molecule has 1 atom stereocenters. The normalized spacial score (nSPS) is 18.8. The number of aryl methyl sites for hydroxylation is 1. The first kappa shape index (κ1) is 14.5. The van der Waals surface area contributed by atoms with Gasteiger partial charge in [-0.1, -0.05) is 6.92 Å². The molecule has 1 aliphatic rings. The van der Waals surface area contributed by atoms with Gasteiger partial charge in [0.05, 0.1) is 12.6 Å². The van der Waals surface area contributed by atoms with Gasteiger partial charge >= 0.3 is 0 Å². The molecule has 2 rings (SSSR count). The first-order chi connectivity index (χ1) is 7.79. The molecule has 0 unspecified atom stereocenters. The molecule has 96 valence electrons. The van der Waals surface area contributed by atoms with E-state index < -0.39 is 0 Å². The molecule has 1 amide bonds. The summed E-state index contributed by atoms with van der Waals surface area (Å²) in [6.45, 7) is 3.79. The van der Waals surface area contributed by atoms with E-state index in [1.165, 1.54) is 9.75 Å². The Hall–Kier alpha value is -0.580. The summed E-state index contributed by atoms with van der Waals surface area (Å²) in [5, 5.41) is 6.19. The lowest BCUT2D eigenvalue weighted by atomic mass is 10.2. The minimum Gasteiger partial charge on any atom is -0.350 e. The maximum atomic E-state index is 11.7. The lowest BCUT2D eigenvalue weighted by Crippen LogP contribution is -2.39. The van der Waals surface area contributed by atoms with Crippen molar-refractivity contribution < 1.29 is 4.79 Å². The van der Waals surface area contributed by atoms with Crippen molar-refractivity contribution in [3.05, 3.63) is 21.9 Å². The van der Waals surface area contributed by atoms with Gasteiger partial charge in [0.1, 0.15) is 0 Å². The van der Waals surface area contributed by atoms with Gasteiger partial charge in [-0.15, -0.1) is 23.7 Å². The predicted octanol–water partition coefficient (Wildman–Crippen LogP) is 2.10. The van der Waals surface area contributed by atoms with Crippen LogP contribution in [0, 0.1) is 0 Å². The average molecular weight is 275 g/mol. The molecular formula is C12H19ClN2OS. The van der Waals surface area contributed by atoms with Crippen LogP contribution in [0.3, 0.4) is 0 Å². The van der Waals surface area contributed by atoms with Crippen LogP contribution >= 0.6 is 23.7 Å². The second kappa shape index (κ2) is 6.99. The van der Waals surface area contributed by atoms with E-state index in [4.69, 9.17) is 0 Å². The SMILES string of the molecule is CCc1ccc(CNC(=O)[C@@H]2CCCN2)s1.Cl. The van der Waals surface area contributed by atoms with Gasteiger partial charge in [0, 0.05) is 9.75 Å². The van der Waals surface area contributed by atoms with E-state index in [-0.39, 0.29) is 24.4 Å². The lowest BCUT2D eigenvalue weighted by Gasteiger charge is -2.09. The second-order valence-corrected chi connectivity index (χ2v) is 5.34. The summed E-state index contributed by atoms with van der Waals surface area (Å²) >= 11 is 1.78. The Labute approximate surface area is 112 Å². The highest BCUT2D eigenvalue weighted by Crippen LogP contribution is 2.16. The van der Waals surface area contributed by atoms with Gasteiger partial charge in [0.15, 0.2) is 0 Å². The molecule has 5 heteroatoms. The topological polar surface area (TPSA) is 41.1 Å². The highest BCUT2D eigenvalue weighted by molar-refractivity contribution is 7.11. The molecule has 0 bridgehead atoms. The molecule has 1 fully saturated rings. The zero-order valence-electron chi connectivity index (χ0n) is 9.99. The summed E-state index contributed by atoms with van der Waals surface area (Å²) < 4.78 is 0. The predicted molar refractivity (Wildman–Crippen MR) is 73.8 cm³/mol. The fourth-order valence-corrected chi connectivity index (χ4v) is 2.81. The molecule has 0 radical (unpaired) electrons. The van der Waals surface area contributed by atoms with Gasteiger partial charge in [0.2, 0.25) is 5.91 Å². The van der Waals surface area contributed by atoms with Gasteiger partial charge in [-0.05, 0) is 37.9 Å². The van der Waals surface area contributed by atoms with Crippen molar-refractivity contribution in [3.63, 3.8) is 0 Å². The van der Waals surface area contributed by atoms with E-state index in [2.05, 4.69) is 29.7 Å². The molecule has 0 saturated carbocycles. The van der Waals surface area contributed by atoms with Crippen molar-refractivity contribution in [2.75, 3.05) is 6.54 Å². The smallest absolute Gasteiger partial charge is 0.237 e. The van der Waals surface area contributed by atoms with Gasteiger partial charge in [-0.2, -0.15) is 0 Å². The highest BCUT2D eigenvalue weighted by Gasteiger charge is 2.21. The van der Waals surface area contributed by atoms with Crippen LogP contribution in [0.25, 0.3) is 0 Å². The average Bonchev–Trinajstić information content (AvgIpc) is 2.96. The van der Waals surface area contributed by atoms with Gasteiger partial charge in [-0.25, -0.2) is 0 Å². The number of thiophene rings is 1. The molecule has 3 nitrogen and oxygen atoms in total. The molecule has 1 aliphatic heterocycles. The van der Waals surface area contributed by atoms with E-state index in [0.29, 0.717) is 6.54 Å². The van der Waals surface area contributed by atoms with Gasteiger partial charge < -0.3 is 10.6 Å². The van der Waals surface area contributed by atoms with Crippen molar-refractivity contribution in [3.8, 4) is 0 Å². The van der Waals surface area contributed by atoms with Crippen LogP contribution in [-0.2, 0) is 17.8 Å². The molecule has 2 heterocycles. The van der Waals surface area contributed by atoms with Crippen molar-refractivity contribution in [2.45, 2.75) is 38.8 Å². The number of hydrogen-bond donors (Lipinski definition) is 2. The number of hydrogen-bond acceptors (Lipinski definition) is 3. The number of nitrogens with one attached hydrogen (secondary N) is 2. The number of halogens is 1. The molecule has 17 heavy (non-hydrogen) atoms. The Morgan fingerprint density at radius 1 is 1.53 bits per heavy atom. The number of rotatable bonds is 4. The summed E-state index contributed by atoms with van der Waals surface area (Å²) in [4.78, 5) is 14.3. The van der Waals surface area contributed by atoms with E-state index in [1.54, 1.807) is 11.3 Å². The Kier molecular flexibility index (Phi) is 5.95. The standard InChI is InChI=1S/C12H18N2OS.ClH/c1-2-9-5-6-10(16-9)8-14-12(15)11-4-3-7-13-11;/h5-6,11,13H,2-4,7-8H2,1H3,(H,14,15);1H/t11-;/m0./s1. The van der Waals surface area contributed by atoms with Crippen molar-refractivity contribution >= 4 is 29.7 Å². The largest absolute Gasteiger partial charge is 0.350 e. The minimum absolute atomic E-state index is 0. The lowest BCUT2D eigenvalue weighted by molar-refractivity contribution is -0.122. The minimum atomic E-state index is 0. The summed E-state index contributed by atoms with van der Waals surface area (Å²) in [5.41, 5.74) is 0. The summed E-state index contributed by atoms with van der Waals surface area (Å²) in [6.07, 6.45) is 3.15. The van der Waals surface area contributed by atoms with E-state index in [0.717, 1.165) is 25.8 Å². The Morgan fingerprint density at radius 3 is 2.88 bits per heavy atom. The number of carbonyl (C=O) groups excluding carboxylic acids is 1. The first-order valence-electron chi connectivity index (χ1n) is 5.88. The number of carbonyl (C=O) groups is 1. The summed E-state index contributed by atoms with van der Waals surface area (Å²) in [6, 6.07) is 4.27. The van der Waals surface area contributed by atoms with Crippen LogP contribution in [-0.4, -0.2) is 18.5 Å². The number of amides is 1. The zero-order valence-corrected chi connectivity index (χ0v) is 11.6. The summed E-state index contributed by atoms with van der Waals surface area (Å²) in [7, 11) is 0. The van der Waals surface area contributed by atoms with E-state index in [1.807, 2.05) is 0 Å². The van der Waals surface area contributed by atoms with Crippen LogP contribution < -0.4 is 10.6 Å². The maximum Gasteiger partial charge on any atom is 0.237 e. The molecule has 0 spiro atoms. The van der Waals surface area contributed by atoms with Crippen LogP contribution in [0.1, 0.15) is 29.5 Å². The fourth-order valence-electron chi connectivity index (χ4n) is 1.91. The Morgan fingerprint density at radius 2 is 2.29 bits per heavy atom. The van der Waals surface area contributed by atoms with Gasteiger partial charge in [0.25, 0.3) is 0 Å². The van der Waals surface area contributed by atoms with Gasteiger partial charge in [-0.3, -0.25) is 4.79 Å². The Bertz CT molecular complexity index is 361. The van der Waals surface area contributed by atoms with E-state index in [9.17, 15) is 4.79 Å². The van der Waals surface area contributed by atoms with E-state index >= 15 is 0 Å². The third-order valence-electron chi connectivity index (χ3n) is 2.88. The van der Waals surface area contributed by atoms with Crippen molar-refractivity contribution in [1.29, 1.82) is 0 Å². The van der Waals surface area contributed by atoms with Crippen LogP contribution in [0.4, 0.5) is 0 Å². The molecule has 1 saturated heterocycles. The zero-order chi connectivity index (χ0) is 11.4. The fraction of sp³-hybridized carbons (Fsp3) is 0.583. The van der Waals surface area contributed by atoms with Crippen molar-refractivity contribution in [2.24, 2.45) is 0 Å². The maximum absolute atomic E-state index is 11.7. The second-order valence-electron chi connectivity index (χ2n) is 4.09. The Balaban J connectivity index is 0.00000144. The molecular weight excluding hydrogens is 256 g/mol. The summed E-state index contributed by atoms with van der Waals surface area (Å²) in [5.74, 6) is 0.143. The third kappa shape index (κ3) is 3.98. The molecule has 0 aliphatic carbocycles. The van der Waals surface area contributed by atoms with Crippen LogP contribution in [0.15, 0.2) is 12.1 Å². The quantitative estimate of drug-likeness (QED) is 0.883. The monoisotopic (exact) mass is 274 g/mol. The van der Waals surface area contributed by atoms with Crippen LogP contribution in [0.2, 0.25) is 0 Å². The molecule has 1 aromatic rings. The first-order valence-corrected chi connectivity index (χ1v) is 6.70. The molecule has 2 N–H and O–H groups in total. The molecule has 1 aromatic heterocycles. The highest BCUT2D eigenvalue weighted by atomic mass is 35.5. The van der Waals surface area contributed by atoms with Crippen molar-refractivity contribution in [1.82, 2.24) is 10.6 Å². The van der Waals surface area contributed by atoms with Crippen LogP contribution in [0.5, 0.6) is 0 Å². The molecule has 0 aromatic carbocycles. The third-order valence-corrected chi connectivity index (χ3v) is 4.11.